The minimum absolute atomic E-state index is 0.0383. The van der Waals surface area contributed by atoms with E-state index in [2.05, 4.69) is 35.1 Å². The number of benzene rings is 3. The molecule has 0 atom stereocenters. The quantitative estimate of drug-likeness (QED) is 0.595. The van der Waals surface area contributed by atoms with Gasteiger partial charge in [-0.15, -0.1) is 0 Å². The largest absolute Gasteiger partial charge is 0.483 e. The summed E-state index contributed by atoms with van der Waals surface area (Å²) in [7, 11) is 0. The predicted octanol–water partition coefficient (Wildman–Crippen LogP) is 5.74. The number of hydrogen-bond donors (Lipinski definition) is 1. The molecular weight excluding hydrogens is 378 g/mol. The van der Waals surface area contributed by atoms with E-state index in [1.807, 2.05) is 60.7 Å². The van der Waals surface area contributed by atoms with Gasteiger partial charge in [0, 0.05) is 5.69 Å². The zero-order valence-corrected chi connectivity index (χ0v) is 15.8. The Kier molecular flexibility index (Phi) is 5.39. The Hall–Kier alpha value is -2.33. The first-order valence-electron chi connectivity index (χ1n) is 8.25. The second-order valence-electron chi connectivity index (χ2n) is 6.18. The van der Waals surface area contributed by atoms with Crippen molar-refractivity contribution < 1.29 is 9.53 Å². The van der Waals surface area contributed by atoms with E-state index in [1.165, 1.54) is 0 Å². The summed E-state index contributed by atoms with van der Waals surface area (Å²) in [6, 6.07) is 19.7. The Morgan fingerprint density at radius 3 is 2.56 bits per heavy atom. The van der Waals surface area contributed by atoms with Crippen LogP contribution < -0.4 is 10.1 Å². The van der Waals surface area contributed by atoms with Gasteiger partial charge in [-0.2, -0.15) is 0 Å². The molecule has 1 N–H and O–H groups in total. The molecule has 0 radical (unpaired) electrons. The number of fused-ring (bicyclic) bond motifs is 1. The van der Waals surface area contributed by atoms with Crippen molar-refractivity contribution in [2.24, 2.45) is 0 Å². The van der Waals surface area contributed by atoms with E-state index < -0.39 is 0 Å². The van der Waals surface area contributed by atoms with Crippen molar-refractivity contribution in [1.82, 2.24) is 0 Å². The molecule has 0 fully saturated rings. The van der Waals surface area contributed by atoms with Gasteiger partial charge in [0.25, 0.3) is 5.91 Å². The summed E-state index contributed by atoms with van der Waals surface area (Å²) in [4.78, 5) is 12.3. The van der Waals surface area contributed by atoms with Crippen molar-refractivity contribution >= 4 is 38.3 Å². The minimum atomic E-state index is -0.173. The molecule has 0 aliphatic carbocycles. The maximum Gasteiger partial charge on any atom is 0.262 e. The lowest BCUT2D eigenvalue weighted by atomic mass is 10.0. The summed E-state index contributed by atoms with van der Waals surface area (Å²) < 4.78 is 6.58. The van der Waals surface area contributed by atoms with Crippen LogP contribution in [0, 0.1) is 0 Å². The van der Waals surface area contributed by atoms with E-state index in [0.717, 1.165) is 26.5 Å². The van der Waals surface area contributed by atoms with Gasteiger partial charge in [0.15, 0.2) is 6.61 Å². The van der Waals surface area contributed by atoms with E-state index in [4.69, 9.17) is 4.74 Å². The third-order valence-electron chi connectivity index (χ3n) is 4.04. The number of anilines is 1. The lowest BCUT2D eigenvalue weighted by molar-refractivity contribution is -0.118. The number of rotatable bonds is 5. The van der Waals surface area contributed by atoms with E-state index in [0.29, 0.717) is 11.7 Å². The zero-order valence-electron chi connectivity index (χ0n) is 14.3. The smallest absolute Gasteiger partial charge is 0.262 e. The summed E-state index contributed by atoms with van der Waals surface area (Å²) >= 11 is 3.57. The summed E-state index contributed by atoms with van der Waals surface area (Å²) in [5, 5.41) is 5.12. The van der Waals surface area contributed by atoms with Gasteiger partial charge in [-0.1, -0.05) is 62.4 Å². The van der Waals surface area contributed by atoms with Crippen LogP contribution in [-0.4, -0.2) is 12.5 Å². The fraction of sp³-hybridized carbons (Fsp3) is 0.190. The SMILES string of the molecule is CC(C)c1ccccc1NC(=O)COc1ccc2ccccc2c1Br. The molecule has 1 amide bonds. The topological polar surface area (TPSA) is 38.3 Å². The van der Waals surface area contributed by atoms with Crippen molar-refractivity contribution in [3.8, 4) is 5.75 Å². The first kappa shape index (κ1) is 17.5. The normalized spacial score (nSPS) is 10.9. The van der Waals surface area contributed by atoms with Crippen LogP contribution in [0.2, 0.25) is 0 Å². The van der Waals surface area contributed by atoms with Gasteiger partial charge in [0.1, 0.15) is 5.75 Å². The van der Waals surface area contributed by atoms with Gasteiger partial charge < -0.3 is 10.1 Å². The minimum Gasteiger partial charge on any atom is -0.483 e. The lowest BCUT2D eigenvalue weighted by Gasteiger charge is -2.14. The van der Waals surface area contributed by atoms with Crippen LogP contribution in [-0.2, 0) is 4.79 Å². The van der Waals surface area contributed by atoms with Gasteiger partial charge in [0.05, 0.1) is 4.47 Å². The maximum atomic E-state index is 12.3. The van der Waals surface area contributed by atoms with Gasteiger partial charge in [-0.3, -0.25) is 4.79 Å². The average molecular weight is 398 g/mol. The molecule has 25 heavy (non-hydrogen) atoms. The van der Waals surface area contributed by atoms with Crippen LogP contribution >= 0.6 is 15.9 Å². The fourth-order valence-electron chi connectivity index (χ4n) is 2.77. The number of hydrogen-bond acceptors (Lipinski definition) is 2. The number of ether oxygens (including phenoxy) is 1. The highest BCUT2D eigenvalue weighted by atomic mass is 79.9. The number of carbonyl (C=O) groups is 1. The van der Waals surface area contributed by atoms with Crippen LogP contribution in [0.5, 0.6) is 5.75 Å². The van der Waals surface area contributed by atoms with Crippen LogP contribution in [0.4, 0.5) is 5.69 Å². The first-order valence-corrected chi connectivity index (χ1v) is 9.04. The third-order valence-corrected chi connectivity index (χ3v) is 4.86. The molecule has 3 nitrogen and oxygen atoms in total. The second-order valence-corrected chi connectivity index (χ2v) is 6.97. The molecule has 0 saturated heterocycles. The van der Waals surface area contributed by atoms with Crippen LogP contribution in [0.1, 0.15) is 25.3 Å². The van der Waals surface area contributed by atoms with Crippen molar-refractivity contribution in [2.75, 3.05) is 11.9 Å². The van der Waals surface area contributed by atoms with Crippen LogP contribution in [0.3, 0.4) is 0 Å². The molecule has 0 saturated carbocycles. The van der Waals surface area contributed by atoms with Gasteiger partial charge in [-0.05, 0) is 50.3 Å². The molecule has 0 aliphatic heterocycles. The molecule has 0 spiro atoms. The molecule has 3 aromatic rings. The van der Waals surface area contributed by atoms with Crippen molar-refractivity contribution in [3.63, 3.8) is 0 Å². The fourth-order valence-corrected chi connectivity index (χ4v) is 3.38. The zero-order chi connectivity index (χ0) is 17.8. The summed E-state index contributed by atoms with van der Waals surface area (Å²) in [5.41, 5.74) is 1.95. The van der Waals surface area contributed by atoms with E-state index in [1.54, 1.807) is 0 Å². The Morgan fingerprint density at radius 2 is 1.76 bits per heavy atom. The third kappa shape index (κ3) is 4.02. The number of carbonyl (C=O) groups excluding carboxylic acids is 1. The molecule has 0 aliphatic rings. The first-order chi connectivity index (χ1) is 12.1. The van der Waals surface area contributed by atoms with Crippen LogP contribution in [0.25, 0.3) is 10.8 Å². The molecular formula is C21H20BrNO2. The monoisotopic (exact) mass is 397 g/mol. The lowest BCUT2D eigenvalue weighted by Crippen LogP contribution is -2.21. The van der Waals surface area contributed by atoms with Gasteiger partial charge >= 0.3 is 0 Å². The molecule has 3 aromatic carbocycles. The van der Waals surface area contributed by atoms with E-state index >= 15 is 0 Å². The Bertz CT molecular complexity index is 905. The number of amides is 1. The van der Waals surface area contributed by atoms with E-state index in [9.17, 15) is 4.79 Å². The van der Waals surface area contributed by atoms with Crippen molar-refractivity contribution in [1.29, 1.82) is 0 Å². The molecule has 128 valence electrons. The summed E-state index contributed by atoms with van der Waals surface area (Å²) in [6.07, 6.45) is 0. The van der Waals surface area contributed by atoms with E-state index in [-0.39, 0.29) is 12.5 Å². The molecule has 0 aromatic heterocycles. The van der Waals surface area contributed by atoms with Crippen LogP contribution in [0.15, 0.2) is 65.1 Å². The summed E-state index contributed by atoms with van der Waals surface area (Å²) in [5.74, 6) is 0.825. The maximum absolute atomic E-state index is 12.3. The molecule has 0 heterocycles. The number of para-hydroxylation sites is 1. The molecule has 0 bridgehead atoms. The number of halogens is 1. The highest BCUT2D eigenvalue weighted by Gasteiger charge is 2.11. The Morgan fingerprint density at radius 1 is 1.04 bits per heavy atom. The molecule has 4 heteroatoms. The predicted molar refractivity (Wildman–Crippen MR) is 106 cm³/mol. The molecule has 0 unspecified atom stereocenters. The standard InChI is InChI=1S/C21H20BrNO2/c1-14(2)16-8-5-6-10-18(16)23-20(24)13-25-19-12-11-15-7-3-4-9-17(15)21(19)22/h3-12,14H,13H2,1-2H3,(H,23,24). The highest BCUT2D eigenvalue weighted by molar-refractivity contribution is 9.10. The number of nitrogens with one attached hydrogen (secondary N) is 1. The van der Waals surface area contributed by atoms with Crippen molar-refractivity contribution in [2.45, 2.75) is 19.8 Å². The van der Waals surface area contributed by atoms with Crippen molar-refractivity contribution in [3.05, 3.63) is 70.7 Å². The highest BCUT2D eigenvalue weighted by Crippen LogP contribution is 2.33. The average Bonchev–Trinajstić information content (AvgIpc) is 2.61. The van der Waals surface area contributed by atoms with Gasteiger partial charge in [0.2, 0.25) is 0 Å². The molecule has 3 rings (SSSR count). The Labute approximate surface area is 156 Å². The summed E-state index contributed by atoms with van der Waals surface area (Å²) in [6.45, 7) is 4.17. The Balaban J connectivity index is 1.70. The second kappa shape index (κ2) is 7.70. The van der Waals surface area contributed by atoms with Gasteiger partial charge in [-0.25, -0.2) is 0 Å².